The molecule has 1 heterocycles. The number of ether oxygens (including phenoxy) is 2. The third kappa shape index (κ3) is 3.77. The number of nitrogens with zero attached hydrogens (tertiary/aromatic N) is 2. The number of hydrogen-bond acceptors (Lipinski definition) is 4. The van der Waals surface area contributed by atoms with Gasteiger partial charge in [-0.2, -0.15) is 0 Å². The van der Waals surface area contributed by atoms with Crippen molar-refractivity contribution in [2.75, 3.05) is 13.2 Å². The molecule has 0 saturated carbocycles. The molecule has 0 radical (unpaired) electrons. The van der Waals surface area contributed by atoms with Crippen molar-refractivity contribution in [3.63, 3.8) is 0 Å². The molecule has 0 unspecified atom stereocenters. The van der Waals surface area contributed by atoms with Crippen molar-refractivity contribution in [1.82, 2.24) is 9.97 Å². The summed E-state index contributed by atoms with van der Waals surface area (Å²) in [5.41, 5.74) is 2.18. The fourth-order valence-corrected chi connectivity index (χ4v) is 2.34. The van der Waals surface area contributed by atoms with E-state index in [1.54, 1.807) is 0 Å². The van der Waals surface area contributed by atoms with Gasteiger partial charge in [-0.05, 0) is 35.7 Å². The van der Waals surface area contributed by atoms with Gasteiger partial charge in [-0.1, -0.05) is 38.1 Å². The van der Waals surface area contributed by atoms with Gasteiger partial charge in [0.1, 0.15) is 25.3 Å². The SMILES string of the molecule is CC(C)c1ccc(OCCOc2ncnc3ccccc23)cc1. The van der Waals surface area contributed by atoms with Crippen molar-refractivity contribution >= 4 is 10.9 Å². The molecule has 118 valence electrons. The molecule has 1 aromatic heterocycles. The normalized spacial score (nSPS) is 10.9. The molecule has 23 heavy (non-hydrogen) atoms. The fraction of sp³-hybridized carbons (Fsp3) is 0.263. The average Bonchev–Trinajstić information content (AvgIpc) is 2.59. The van der Waals surface area contributed by atoms with Crippen LogP contribution in [0.3, 0.4) is 0 Å². The number of hydrogen-bond donors (Lipinski definition) is 0. The van der Waals surface area contributed by atoms with Gasteiger partial charge in [0.05, 0.1) is 10.9 Å². The maximum atomic E-state index is 5.73. The Morgan fingerprint density at radius 1 is 0.870 bits per heavy atom. The molecule has 0 bridgehead atoms. The lowest BCUT2D eigenvalue weighted by Gasteiger charge is -2.10. The van der Waals surface area contributed by atoms with Gasteiger partial charge >= 0.3 is 0 Å². The van der Waals surface area contributed by atoms with E-state index in [1.807, 2.05) is 36.4 Å². The Morgan fingerprint density at radius 3 is 2.39 bits per heavy atom. The molecule has 0 amide bonds. The monoisotopic (exact) mass is 308 g/mol. The first-order chi connectivity index (χ1) is 11.2. The molecule has 0 atom stereocenters. The quantitative estimate of drug-likeness (QED) is 0.640. The molecular weight excluding hydrogens is 288 g/mol. The number of aromatic nitrogens is 2. The second-order valence-corrected chi connectivity index (χ2v) is 5.62. The largest absolute Gasteiger partial charge is 0.490 e. The molecule has 0 aliphatic carbocycles. The van der Waals surface area contributed by atoms with E-state index in [1.165, 1.54) is 11.9 Å². The zero-order valence-electron chi connectivity index (χ0n) is 13.4. The summed E-state index contributed by atoms with van der Waals surface area (Å²) in [6, 6.07) is 16.0. The van der Waals surface area contributed by atoms with Crippen LogP contribution in [0.5, 0.6) is 11.6 Å². The molecule has 0 fully saturated rings. The smallest absolute Gasteiger partial charge is 0.224 e. The molecule has 4 nitrogen and oxygen atoms in total. The van der Waals surface area contributed by atoms with Gasteiger partial charge in [0.15, 0.2) is 0 Å². The van der Waals surface area contributed by atoms with Crippen LogP contribution < -0.4 is 9.47 Å². The summed E-state index contributed by atoms with van der Waals surface area (Å²) >= 11 is 0. The van der Waals surface area contributed by atoms with Crippen LogP contribution in [0.25, 0.3) is 10.9 Å². The lowest BCUT2D eigenvalue weighted by molar-refractivity contribution is 0.213. The summed E-state index contributed by atoms with van der Waals surface area (Å²) in [4.78, 5) is 8.41. The Hall–Kier alpha value is -2.62. The predicted molar refractivity (Wildman–Crippen MR) is 91.1 cm³/mol. The second-order valence-electron chi connectivity index (χ2n) is 5.62. The van der Waals surface area contributed by atoms with E-state index >= 15 is 0 Å². The molecule has 0 aliphatic rings. The summed E-state index contributed by atoms with van der Waals surface area (Å²) < 4.78 is 11.4. The maximum absolute atomic E-state index is 5.73. The average molecular weight is 308 g/mol. The third-order valence-corrected chi connectivity index (χ3v) is 3.64. The van der Waals surface area contributed by atoms with Crippen LogP contribution >= 0.6 is 0 Å². The fourth-order valence-electron chi connectivity index (χ4n) is 2.34. The maximum Gasteiger partial charge on any atom is 0.224 e. The highest BCUT2D eigenvalue weighted by atomic mass is 16.5. The molecule has 3 rings (SSSR count). The van der Waals surface area contributed by atoms with Crippen LogP contribution in [-0.4, -0.2) is 23.2 Å². The minimum absolute atomic E-state index is 0.437. The van der Waals surface area contributed by atoms with E-state index in [0.29, 0.717) is 25.0 Å². The minimum atomic E-state index is 0.437. The topological polar surface area (TPSA) is 44.2 Å². The molecule has 0 saturated heterocycles. The van der Waals surface area contributed by atoms with E-state index in [-0.39, 0.29) is 0 Å². The van der Waals surface area contributed by atoms with Crippen LogP contribution in [0, 0.1) is 0 Å². The summed E-state index contributed by atoms with van der Waals surface area (Å²) in [5.74, 6) is 1.97. The van der Waals surface area contributed by atoms with Gasteiger partial charge in [0.2, 0.25) is 5.88 Å². The first-order valence-corrected chi connectivity index (χ1v) is 7.79. The summed E-state index contributed by atoms with van der Waals surface area (Å²) in [7, 11) is 0. The predicted octanol–water partition coefficient (Wildman–Crippen LogP) is 4.21. The highest BCUT2D eigenvalue weighted by Crippen LogP contribution is 2.21. The van der Waals surface area contributed by atoms with E-state index in [2.05, 4.69) is 35.9 Å². The zero-order valence-corrected chi connectivity index (χ0v) is 13.4. The Labute approximate surface area is 136 Å². The molecular formula is C19H20N2O2. The van der Waals surface area contributed by atoms with Crippen molar-refractivity contribution in [1.29, 1.82) is 0 Å². The van der Waals surface area contributed by atoms with E-state index in [0.717, 1.165) is 16.7 Å². The van der Waals surface area contributed by atoms with E-state index in [9.17, 15) is 0 Å². The Balaban J connectivity index is 1.55. The Kier molecular flexibility index (Phi) is 4.71. The molecule has 0 spiro atoms. The van der Waals surface area contributed by atoms with Crippen molar-refractivity contribution in [3.05, 3.63) is 60.4 Å². The highest BCUT2D eigenvalue weighted by molar-refractivity contribution is 5.82. The van der Waals surface area contributed by atoms with Crippen LogP contribution in [0.1, 0.15) is 25.3 Å². The second kappa shape index (κ2) is 7.09. The summed E-state index contributed by atoms with van der Waals surface area (Å²) in [6.45, 7) is 5.26. The molecule has 4 heteroatoms. The standard InChI is InChI=1S/C19H20N2O2/c1-14(2)15-7-9-16(10-8-15)22-11-12-23-19-17-5-3-4-6-18(17)20-13-21-19/h3-10,13-14H,11-12H2,1-2H3. The van der Waals surface area contributed by atoms with Gasteiger partial charge in [-0.3, -0.25) is 0 Å². The number of fused-ring (bicyclic) bond motifs is 1. The van der Waals surface area contributed by atoms with Crippen LogP contribution in [-0.2, 0) is 0 Å². The first-order valence-electron chi connectivity index (χ1n) is 7.79. The van der Waals surface area contributed by atoms with Gasteiger partial charge in [0, 0.05) is 0 Å². The molecule has 2 aromatic carbocycles. The molecule has 0 aliphatic heterocycles. The number of benzene rings is 2. The van der Waals surface area contributed by atoms with Crippen molar-refractivity contribution in [2.24, 2.45) is 0 Å². The summed E-state index contributed by atoms with van der Waals surface area (Å²) in [6.07, 6.45) is 1.52. The molecule has 3 aromatic rings. The summed E-state index contributed by atoms with van der Waals surface area (Å²) in [5, 5.41) is 0.913. The lowest BCUT2D eigenvalue weighted by atomic mass is 10.0. The Morgan fingerprint density at radius 2 is 1.61 bits per heavy atom. The highest BCUT2D eigenvalue weighted by Gasteiger charge is 2.04. The van der Waals surface area contributed by atoms with Crippen LogP contribution in [0.2, 0.25) is 0 Å². The van der Waals surface area contributed by atoms with Gasteiger partial charge in [-0.25, -0.2) is 9.97 Å². The van der Waals surface area contributed by atoms with Gasteiger partial charge in [0.25, 0.3) is 0 Å². The zero-order chi connectivity index (χ0) is 16.1. The van der Waals surface area contributed by atoms with Gasteiger partial charge in [-0.15, -0.1) is 0 Å². The Bertz CT molecular complexity index is 764. The molecule has 0 N–H and O–H groups in total. The van der Waals surface area contributed by atoms with Gasteiger partial charge < -0.3 is 9.47 Å². The van der Waals surface area contributed by atoms with E-state index < -0.39 is 0 Å². The van der Waals surface area contributed by atoms with E-state index in [4.69, 9.17) is 9.47 Å². The van der Waals surface area contributed by atoms with Crippen molar-refractivity contribution < 1.29 is 9.47 Å². The number of para-hydroxylation sites is 1. The first kappa shape index (κ1) is 15.3. The number of rotatable bonds is 6. The third-order valence-electron chi connectivity index (χ3n) is 3.64. The van der Waals surface area contributed by atoms with Crippen molar-refractivity contribution in [3.8, 4) is 11.6 Å². The van der Waals surface area contributed by atoms with Crippen LogP contribution in [0.4, 0.5) is 0 Å². The lowest BCUT2D eigenvalue weighted by Crippen LogP contribution is -2.10. The van der Waals surface area contributed by atoms with Crippen molar-refractivity contribution in [2.45, 2.75) is 19.8 Å². The minimum Gasteiger partial charge on any atom is -0.490 e. The van der Waals surface area contributed by atoms with Crippen LogP contribution in [0.15, 0.2) is 54.9 Å².